The molecule has 4 rings (SSSR count). The highest BCUT2D eigenvalue weighted by Crippen LogP contribution is 2.56. The number of terminal acetylenes is 1. The lowest BCUT2D eigenvalue weighted by molar-refractivity contribution is -0.00416. The van der Waals surface area contributed by atoms with Crippen LogP contribution in [-0.4, -0.2) is 31.1 Å². The number of fused-ring (bicyclic) bond motifs is 1. The molecular weight excluding hydrogens is 350 g/mol. The minimum absolute atomic E-state index is 0. The molecule has 0 aromatic heterocycles. The molecule has 1 aromatic rings. The summed E-state index contributed by atoms with van der Waals surface area (Å²) in [5.41, 5.74) is 3.51. The molecule has 1 saturated heterocycles. The maximum atomic E-state index is 5.62. The Morgan fingerprint density at radius 1 is 1.35 bits per heavy atom. The second-order valence-corrected chi connectivity index (χ2v) is 7.23. The van der Waals surface area contributed by atoms with Crippen molar-refractivity contribution in [3.8, 4) is 18.1 Å². The van der Waals surface area contributed by atoms with Crippen LogP contribution in [0.25, 0.3) is 0 Å². The van der Waals surface area contributed by atoms with Gasteiger partial charge in [-0.15, -0.1) is 23.4 Å². The van der Waals surface area contributed by atoms with Crippen LogP contribution in [-0.2, 0) is 11.8 Å². The molecule has 0 N–H and O–H groups in total. The van der Waals surface area contributed by atoms with Crippen LogP contribution in [0.1, 0.15) is 43.2 Å². The molecule has 124 valence electrons. The van der Waals surface area contributed by atoms with Gasteiger partial charge in [-0.3, -0.25) is 4.90 Å². The average molecular weight is 376 g/mol. The first-order valence-corrected chi connectivity index (χ1v) is 8.63. The largest absolute Gasteiger partial charge is 0.497 e. The molecule has 2 bridgehead atoms. The molecule has 3 atom stereocenters. The van der Waals surface area contributed by atoms with E-state index in [9.17, 15) is 0 Å². The third kappa shape index (κ3) is 2.51. The molecule has 23 heavy (non-hydrogen) atoms. The third-order valence-corrected chi connectivity index (χ3v) is 6.45. The molecule has 1 aromatic carbocycles. The van der Waals surface area contributed by atoms with Gasteiger partial charge in [0.05, 0.1) is 13.7 Å². The average Bonchev–Trinajstić information content (AvgIpc) is 2.57. The normalized spacial score (nSPS) is 32.0. The summed E-state index contributed by atoms with van der Waals surface area (Å²) in [6.45, 7) is 1.96. The lowest BCUT2D eigenvalue weighted by Gasteiger charge is -2.59. The maximum Gasteiger partial charge on any atom is 0.119 e. The van der Waals surface area contributed by atoms with Crippen molar-refractivity contribution in [1.29, 1.82) is 0 Å². The minimum atomic E-state index is 0. The van der Waals surface area contributed by atoms with Gasteiger partial charge in [-0.05, 0) is 54.9 Å². The van der Waals surface area contributed by atoms with E-state index in [-0.39, 0.29) is 17.0 Å². The fourth-order valence-electron chi connectivity index (χ4n) is 5.50. The van der Waals surface area contributed by atoms with Gasteiger partial charge in [0, 0.05) is 18.0 Å². The van der Waals surface area contributed by atoms with Gasteiger partial charge in [0.15, 0.2) is 0 Å². The molecule has 0 amide bonds. The Morgan fingerprint density at radius 2 is 2.22 bits per heavy atom. The Kier molecular flexibility index (Phi) is 4.76. The van der Waals surface area contributed by atoms with Crippen LogP contribution in [0.15, 0.2) is 18.2 Å². The predicted molar refractivity (Wildman–Crippen MR) is 99.5 cm³/mol. The predicted octanol–water partition coefficient (Wildman–Crippen LogP) is 3.96. The smallest absolute Gasteiger partial charge is 0.119 e. The standard InChI is InChI=1S/C20H25NO.BrH/c1-3-11-21-12-10-20-9-5-4-6-17(20)19(21)13-15-7-8-16(22-2)14-18(15)20;/h1,7-8,14,17,19H,4-6,9-13H2,2H3;1H/t17-,19+,20+;/m0./s1. The number of hydrogen-bond acceptors (Lipinski definition) is 2. The van der Waals surface area contributed by atoms with E-state index in [0.29, 0.717) is 11.5 Å². The Balaban J connectivity index is 0.00000156. The number of ether oxygens (including phenoxy) is 1. The third-order valence-electron chi connectivity index (χ3n) is 6.45. The molecule has 2 nitrogen and oxygen atoms in total. The quantitative estimate of drug-likeness (QED) is 0.725. The van der Waals surface area contributed by atoms with E-state index in [1.807, 2.05) is 0 Å². The van der Waals surface area contributed by atoms with E-state index in [1.54, 1.807) is 12.7 Å². The van der Waals surface area contributed by atoms with Crippen molar-refractivity contribution >= 4 is 17.0 Å². The van der Waals surface area contributed by atoms with Gasteiger partial charge in [-0.2, -0.15) is 0 Å². The Labute approximate surface area is 150 Å². The second-order valence-electron chi connectivity index (χ2n) is 7.23. The van der Waals surface area contributed by atoms with Gasteiger partial charge in [0.2, 0.25) is 0 Å². The zero-order chi connectivity index (χ0) is 15.2. The lowest BCUT2D eigenvalue weighted by atomic mass is 9.52. The number of methoxy groups -OCH3 is 1. The highest BCUT2D eigenvalue weighted by Gasteiger charge is 2.53. The van der Waals surface area contributed by atoms with Gasteiger partial charge in [-0.25, -0.2) is 0 Å². The van der Waals surface area contributed by atoms with Crippen LogP contribution in [0.5, 0.6) is 5.75 Å². The van der Waals surface area contributed by atoms with Gasteiger partial charge < -0.3 is 4.74 Å². The molecular formula is C20H26BrNO. The second kappa shape index (κ2) is 6.49. The topological polar surface area (TPSA) is 12.5 Å². The Morgan fingerprint density at radius 3 is 3.00 bits per heavy atom. The van der Waals surface area contributed by atoms with E-state index >= 15 is 0 Å². The van der Waals surface area contributed by atoms with Crippen LogP contribution >= 0.6 is 17.0 Å². The first-order valence-electron chi connectivity index (χ1n) is 8.63. The highest BCUT2D eigenvalue weighted by molar-refractivity contribution is 8.93. The van der Waals surface area contributed by atoms with E-state index < -0.39 is 0 Å². The molecule has 3 heteroatoms. The monoisotopic (exact) mass is 375 g/mol. The van der Waals surface area contributed by atoms with Crippen LogP contribution in [0.4, 0.5) is 0 Å². The summed E-state index contributed by atoms with van der Waals surface area (Å²) < 4.78 is 5.52. The number of piperidine rings is 1. The van der Waals surface area contributed by atoms with Gasteiger partial charge in [0.25, 0.3) is 0 Å². The summed E-state index contributed by atoms with van der Waals surface area (Å²) in [6, 6.07) is 7.40. The van der Waals surface area contributed by atoms with Crippen molar-refractivity contribution in [2.75, 3.05) is 20.2 Å². The fourth-order valence-corrected chi connectivity index (χ4v) is 5.50. The minimum Gasteiger partial charge on any atom is -0.497 e. The fraction of sp³-hybridized carbons (Fsp3) is 0.600. The van der Waals surface area contributed by atoms with E-state index in [1.165, 1.54) is 37.7 Å². The van der Waals surface area contributed by atoms with Crippen molar-refractivity contribution in [3.63, 3.8) is 0 Å². The van der Waals surface area contributed by atoms with Crippen molar-refractivity contribution in [2.24, 2.45) is 5.92 Å². The summed E-state index contributed by atoms with van der Waals surface area (Å²) in [6.07, 6.45) is 13.5. The van der Waals surface area contributed by atoms with Gasteiger partial charge in [0.1, 0.15) is 5.75 Å². The molecule has 0 spiro atoms. The van der Waals surface area contributed by atoms with Gasteiger partial charge >= 0.3 is 0 Å². The van der Waals surface area contributed by atoms with Crippen molar-refractivity contribution in [2.45, 2.75) is 50.0 Å². The van der Waals surface area contributed by atoms with Crippen LogP contribution < -0.4 is 4.74 Å². The molecule has 2 aliphatic carbocycles. The van der Waals surface area contributed by atoms with E-state index in [2.05, 4.69) is 29.0 Å². The zero-order valence-electron chi connectivity index (χ0n) is 13.9. The molecule has 1 saturated carbocycles. The zero-order valence-corrected chi connectivity index (χ0v) is 15.6. The number of nitrogens with zero attached hydrogens (tertiary/aromatic N) is 1. The molecule has 2 fully saturated rings. The first kappa shape index (κ1) is 16.9. The lowest BCUT2D eigenvalue weighted by Crippen LogP contribution is -2.60. The number of halogens is 1. The van der Waals surface area contributed by atoms with Crippen molar-refractivity contribution in [3.05, 3.63) is 29.3 Å². The summed E-state index contributed by atoms with van der Waals surface area (Å²) in [5, 5.41) is 0. The van der Waals surface area contributed by atoms with E-state index in [4.69, 9.17) is 11.2 Å². The maximum absolute atomic E-state index is 5.62. The van der Waals surface area contributed by atoms with Crippen LogP contribution in [0.2, 0.25) is 0 Å². The van der Waals surface area contributed by atoms with Crippen molar-refractivity contribution < 1.29 is 4.74 Å². The van der Waals surface area contributed by atoms with Gasteiger partial charge in [-0.1, -0.05) is 24.8 Å². The summed E-state index contributed by atoms with van der Waals surface area (Å²) in [5.74, 6) is 4.68. The van der Waals surface area contributed by atoms with E-state index in [0.717, 1.165) is 31.2 Å². The number of benzene rings is 1. The SMILES string of the molecule is Br.C#CCN1CC[C@]23CCCC[C@H]2[C@H]1Cc1ccc(OC)cc13. The number of likely N-dealkylation sites (tertiary alicyclic amines) is 1. The molecule has 1 heterocycles. The molecule has 0 radical (unpaired) electrons. The Bertz CT molecular complexity index is 623. The van der Waals surface area contributed by atoms with Crippen LogP contribution in [0.3, 0.4) is 0 Å². The highest BCUT2D eigenvalue weighted by atomic mass is 79.9. The van der Waals surface area contributed by atoms with Crippen molar-refractivity contribution in [1.82, 2.24) is 4.90 Å². The molecule has 1 aliphatic heterocycles. The molecule has 0 unspecified atom stereocenters. The summed E-state index contributed by atoms with van der Waals surface area (Å²) in [4.78, 5) is 2.57. The summed E-state index contributed by atoms with van der Waals surface area (Å²) >= 11 is 0. The summed E-state index contributed by atoms with van der Waals surface area (Å²) in [7, 11) is 1.78. The first-order chi connectivity index (χ1) is 10.8. The number of hydrogen-bond donors (Lipinski definition) is 0. The molecule has 3 aliphatic rings. The van der Waals surface area contributed by atoms with Crippen LogP contribution in [0, 0.1) is 18.3 Å². The number of rotatable bonds is 2. The Hall–Kier alpha value is -0.980.